The third-order valence-electron chi connectivity index (χ3n) is 4.99. The van der Waals surface area contributed by atoms with Crippen molar-refractivity contribution in [1.29, 1.82) is 0 Å². The van der Waals surface area contributed by atoms with Gasteiger partial charge in [0.2, 0.25) is 0 Å². The van der Waals surface area contributed by atoms with E-state index in [0.717, 1.165) is 30.3 Å². The lowest BCUT2D eigenvalue weighted by Gasteiger charge is -2.36. The standard InChI is InChI=1S/C16H23N7O2S/c1-14-17-4-7-23(14)16-12-15(18-13-19-16)20-8-10-22(11-9-20)26(24,25)21-5-2-3-6-21/h4,7,12-13H,2-3,5-6,8-11H2,1H3. The van der Waals surface area contributed by atoms with Crippen molar-refractivity contribution in [3.8, 4) is 5.82 Å². The fraction of sp³-hybridized carbons (Fsp3) is 0.562. The summed E-state index contributed by atoms with van der Waals surface area (Å²) in [5.41, 5.74) is 0. The second kappa shape index (κ2) is 6.93. The summed E-state index contributed by atoms with van der Waals surface area (Å²) in [4.78, 5) is 15.0. The Morgan fingerprint density at radius 2 is 1.54 bits per heavy atom. The van der Waals surface area contributed by atoms with E-state index in [0.29, 0.717) is 39.3 Å². The van der Waals surface area contributed by atoms with Crippen LogP contribution in [0, 0.1) is 6.92 Å². The zero-order valence-corrected chi connectivity index (χ0v) is 15.6. The zero-order chi connectivity index (χ0) is 18.1. The van der Waals surface area contributed by atoms with E-state index in [1.165, 1.54) is 6.33 Å². The van der Waals surface area contributed by atoms with Crippen LogP contribution in [0.25, 0.3) is 5.82 Å². The van der Waals surface area contributed by atoms with Crippen LogP contribution < -0.4 is 4.90 Å². The summed E-state index contributed by atoms with van der Waals surface area (Å²) < 4.78 is 30.5. The maximum Gasteiger partial charge on any atom is 0.282 e. The Bertz CT molecular complexity index is 868. The number of aryl methyl sites for hydroxylation is 1. The molecule has 2 saturated heterocycles. The van der Waals surface area contributed by atoms with Gasteiger partial charge in [0.25, 0.3) is 10.2 Å². The Labute approximate surface area is 153 Å². The number of hydrogen-bond acceptors (Lipinski definition) is 6. The Morgan fingerprint density at radius 1 is 0.885 bits per heavy atom. The molecule has 0 spiro atoms. The molecule has 9 nitrogen and oxygen atoms in total. The van der Waals surface area contributed by atoms with Gasteiger partial charge in [-0.05, 0) is 19.8 Å². The summed E-state index contributed by atoms with van der Waals surface area (Å²) >= 11 is 0. The molecule has 2 fully saturated rings. The third kappa shape index (κ3) is 3.19. The van der Waals surface area contributed by atoms with Crippen molar-refractivity contribution >= 4 is 16.0 Å². The Morgan fingerprint density at radius 3 is 2.19 bits per heavy atom. The van der Waals surface area contributed by atoms with Gasteiger partial charge in [-0.2, -0.15) is 17.0 Å². The smallest absolute Gasteiger partial charge is 0.282 e. The van der Waals surface area contributed by atoms with E-state index in [2.05, 4.69) is 19.9 Å². The molecule has 0 saturated carbocycles. The Kier molecular flexibility index (Phi) is 4.63. The first-order valence-corrected chi connectivity index (χ1v) is 10.3. The van der Waals surface area contributed by atoms with Crippen molar-refractivity contribution in [3.05, 3.63) is 30.6 Å². The second-order valence-corrected chi connectivity index (χ2v) is 8.51. The molecule has 0 aromatic carbocycles. The summed E-state index contributed by atoms with van der Waals surface area (Å²) in [6.45, 7) is 5.39. The van der Waals surface area contributed by atoms with Gasteiger partial charge in [-0.15, -0.1) is 0 Å². The molecule has 0 amide bonds. The summed E-state index contributed by atoms with van der Waals surface area (Å²) in [5.74, 6) is 2.43. The molecule has 10 heteroatoms. The molecule has 4 heterocycles. The van der Waals surface area contributed by atoms with Crippen LogP contribution in [0.5, 0.6) is 0 Å². The highest BCUT2D eigenvalue weighted by molar-refractivity contribution is 7.86. The number of anilines is 1. The van der Waals surface area contributed by atoms with Crippen LogP contribution in [0.4, 0.5) is 5.82 Å². The average molecular weight is 377 g/mol. The largest absolute Gasteiger partial charge is 0.354 e. The molecular weight excluding hydrogens is 354 g/mol. The fourth-order valence-corrected chi connectivity index (χ4v) is 5.16. The monoisotopic (exact) mass is 377 g/mol. The minimum Gasteiger partial charge on any atom is -0.354 e. The average Bonchev–Trinajstić information content (AvgIpc) is 3.34. The molecule has 0 unspecified atom stereocenters. The van der Waals surface area contributed by atoms with Crippen LogP contribution in [-0.4, -0.2) is 75.8 Å². The molecule has 26 heavy (non-hydrogen) atoms. The first-order chi connectivity index (χ1) is 12.6. The van der Waals surface area contributed by atoms with E-state index >= 15 is 0 Å². The highest BCUT2D eigenvalue weighted by Gasteiger charge is 2.34. The lowest BCUT2D eigenvalue weighted by molar-refractivity contribution is 0.343. The Balaban J connectivity index is 1.46. The van der Waals surface area contributed by atoms with Crippen molar-refractivity contribution < 1.29 is 8.42 Å². The lowest BCUT2D eigenvalue weighted by atomic mass is 10.3. The van der Waals surface area contributed by atoms with Gasteiger partial charge in [0, 0.05) is 57.7 Å². The molecule has 2 aliphatic rings. The van der Waals surface area contributed by atoms with E-state index in [1.54, 1.807) is 14.8 Å². The zero-order valence-electron chi connectivity index (χ0n) is 14.8. The van der Waals surface area contributed by atoms with Crippen molar-refractivity contribution in [2.75, 3.05) is 44.2 Å². The number of hydrogen-bond donors (Lipinski definition) is 0. The maximum atomic E-state index is 12.7. The van der Waals surface area contributed by atoms with E-state index in [9.17, 15) is 8.42 Å². The summed E-state index contributed by atoms with van der Waals surface area (Å²) in [7, 11) is -3.32. The van der Waals surface area contributed by atoms with Gasteiger partial charge >= 0.3 is 0 Å². The fourth-order valence-electron chi connectivity index (χ4n) is 3.49. The van der Waals surface area contributed by atoms with Gasteiger partial charge in [-0.3, -0.25) is 4.57 Å². The molecule has 0 radical (unpaired) electrons. The molecule has 0 atom stereocenters. The van der Waals surface area contributed by atoms with Crippen LogP contribution in [0.3, 0.4) is 0 Å². The van der Waals surface area contributed by atoms with E-state index < -0.39 is 10.2 Å². The highest BCUT2D eigenvalue weighted by Crippen LogP contribution is 2.21. The predicted octanol–water partition coefficient (Wildman–Crippen LogP) is 0.433. The number of piperazine rings is 1. The number of imidazole rings is 1. The molecule has 4 rings (SSSR count). The van der Waals surface area contributed by atoms with Gasteiger partial charge in [0.1, 0.15) is 23.8 Å². The maximum absolute atomic E-state index is 12.7. The van der Waals surface area contributed by atoms with Crippen molar-refractivity contribution in [3.63, 3.8) is 0 Å². The molecule has 0 N–H and O–H groups in total. The van der Waals surface area contributed by atoms with Crippen molar-refractivity contribution in [2.24, 2.45) is 0 Å². The number of aromatic nitrogens is 4. The quantitative estimate of drug-likeness (QED) is 0.768. The normalized spacial score (nSPS) is 20.0. The minimum absolute atomic E-state index is 0.474. The van der Waals surface area contributed by atoms with Crippen LogP contribution in [-0.2, 0) is 10.2 Å². The van der Waals surface area contributed by atoms with Crippen LogP contribution >= 0.6 is 0 Å². The predicted molar refractivity (Wildman–Crippen MR) is 97.4 cm³/mol. The summed E-state index contributed by atoms with van der Waals surface area (Å²) in [6, 6.07) is 1.92. The van der Waals surface area contributed by atoms with Gasteiger partial charge in [-0.1, -0.05) is 0 Å². The van der Waals surface area contributed by atoms with Gasteiger partial charge in [0.15, 0.2) is 0 Å². The molecular formula is C16H23N7O2S. The first kappa shape index (κ1) is 17.4. The second-order valence-electron chi connectivity index (χ2n) is 6.58. The van der Waals surface area contributed by atoms with E-state index in [1.807, 2.05) is 23.8 Å². The number of rotatable bonds is 4. The van der Waals surface area contributed by atoms with Crippen LogP contribution in [0.15, 0.2) is 24.8 Å². The van der Waals surface area contributed by atoms with Crippen molar-refractivity contribution in [1.82, 2.24) is 28.1 Å². The lowest BCUT2D eigenvalue weighted by Crippen LogP contribution is -2.52. The third-order valence-corrected chi connectivity index (χ3v) is 7.03. The molecule has 0 bridgehead atoms. The van der Waals surface area contributed by atoms with Crippen LogP contribution in [0.2, 0.25) is 0 Å². The number of nitrogens with zero attached hydrogens (tertiary/aromatic N) is 7. The molecule has 0 aliphatic carbocycles. The summed E-state index contributed by atoms with van der Waals surface area (Å²) in [6.07, 6.45) is 7.05. The molecule has 2 aliphatic heterocycles. The minimum atomic E-state index is -3.32. The topological polar surface area (TPSA) is 87.5 Å². The molecule has 2 aromatic rings. The SMILES string of the molecule is Cc1nccn1-c1cc(N2CCN(S(=O)(=O)N3CCCC3)CC2)ncn1. The van der Waals surface area contributed by atoms with Crippen molar-refractivity contribution in [2.45, 2.75) is 19.8 Å². The molecule has 140 valence electrons. The molecule has 2 aromatic heterocycles. The van der Waals surface area contributed by atoms with E-state index in [-0.39, 0.29) is 0 Å². The van der Waals surface area contributed by atoms with Crippen LogP contribution in [0.1, 0.15) is 18.7 Å². The van der Waals surface area contributed by atoms with Gasteiger partial charge in [0.05, 0.1) is 0 Å². The summed E-state index contributed by atoms with van der Waals surface area (Å²) in [5, 5.41) is 0. The van der Waals surface area contributed by atoms with Gasteiger partial charge in [-0.25, -0.2) is 15.0 Å². The Hall–Kier alpha value is -2.04. The van der Waals surface area contributed by atoms with E-state index in [4.69, 9.17) is 0 Å². The highest BCUT2D eigenvalue weighted by atomic mass is 32.2. The first-order valence-electron chi connectivity index (χ1n) is 8.88. The van der Waals surface area contributed by atoms with Gasteiger partial charge < -0.3 is 4.90 Å².